The Morgan fingerprint density at radius 1 is 1.12 bits per heavy atom. The molecule has 0 aliphatic carbocycles. The number of hydrogen-bond acceptors (Lipinski definition) is 4. The molecule has 1 aromatic rings. The van der Waals surface area contributed by atoms with Gasteiger partial charge in [-0.2, -0.15) is 0 Å². The minimum absolute atomic E-state index is 0.321. The van der Waals surface area contributed by atoms with Gasteiger partial charge in [0.15, 0.2) is 0 Å². The summed E-state index contributed by atoms with van der Waals surface area (Å²) < 4.78 is 0.840. The van der Waals surface area contributed by atoms with Gasteiger partial charge in [-0.15, -0.1) is 0 Å². The number of rotatable bonds is 5. The molecular weight excluding hydrogens is 378 g/mol. The number of amides is 5. The molecule has 1 fully saturated rings. The average Bonchev–Trinajstić information content (AvgIpc) is 2.71. The molecular formula is C16H18BrN3O4. The van der Waals surface area contributed by atoms with Gasteiger partial charge < -0.3 is 5.32 Å². The minimum atomic E-state index is -0.975. The number of benzene rings is 1. The van der Waals surface area contributed by atoms with Gasteiger partial charge >= 0.3 is 17.8 Å². The highest BCUT2D eigenvalue weighted by Gasteiger charge is 2.46. The zero-order chi connectivity index (χ0) is 18.0. The molecule has 0 spiro atoms. The van der Waals surface area contributed by atoms with Crippen molar-refractivity contribution in [2.45, 2.75) is 32.9 Å². The smallest absolute Gasteiger partial charge is 0.334 e. The molecule has 0 bridgehead atoms. The molecule has 1 atom stereocenters. The van der Waals surface area contributed by atoms with Crippen molar-refractivity contribution in [3.05, 3.63) is 34.3 Å². The van der Waals surface area contributed by atoms with Crippen molar-refractivity contribution in [1.29, 1.82) is 0 Å². The van der Waals surface area contributed by atoms with E-state index < -0.39 is 36.3 Å². The Hall–Kier alpha value is -2.22. The van der Waals surface area contributed by atoms with E-state index in [2.05, 4.69) is 21.2 Å². The van der Waals surface area contributed by atoms with Gasteiger partial charge in [0.1, 0.15) is 6.54 Å². The fraction of sp³-hybridized carbons (Fsp3) is 0.375. The first-order valence-electron chi connectivity index (χ1n) is 7.46. The molecule has 1 heterocycles. The van der Waals surface area contributed by atoms with Crippen LogP contribution in [0.1, 0.15) is 32.4 Å². The number of halogens is 1. The SMILES string of the molecule is CC(C)N1C(=O)C(=O)N(CC(=O)N[C@H](C)c2ccccc2Br)C1=O. The Kier molecular flexibility index (Phi) is 5.38. The van der Waals surface area contributed by atoms with E-state index in [0.29, 0.717) is 4.90 Å². The van der Waals surface area contributed by atoms with Crippen molar-refractivity contribution in [3.8, 4) is 0 Å². The largest absolute Gasteiger partial charge is 0.348 e. The lowest BCUT2D eigenvalue weighted by Gasteiger charge is -2.20. The fourth-order valence-electron chi connectivity index (χ4n) is 2.45. The number of carbonyl (C=O) groups excluding carboxylic acids is 4. The first-order chi connectivity index (χ1) is 11.2. The normalized spacial score (nSPS) is 16.1. The van der Waals surface area contributed by atoms with Crippen LogP contribution in [0.25, 0.3) is 0 Å². The first-order valence-corrected chi connectivity index (χ1v) is 8.26. The van der Waals surface area contributed by atoms with Crippen molar-refractivity contribution in [2.75, 3.05) is 6.54 Å². The Labute approximate surface area is 148 Å². The Bertz CT molecular complexity index is 704. The highest BCUT2D eigenvalue weighted by Crippen LogP contribution is 2.22. The summed E-state index contributed by atoms with van der Waals surface area (Å²) >= 11 is 3.40. The van der Waals surface area contributed by atoms with Crippen LogP contribution in [0, 0.1) is 0 Å². The zero-order valence-electron chi connectivity index (χ0n) is 13.6. The van der Waals surface area contributed by atoms with Crippen LogP contribution in [0.3, 0.4) is 0 Å². The van der Waals surface area contributed by atoms with Gasteiger partial charge in [-0.1, -0.05) is 34.1 Å². The standard InChI is InChI=1S/C16H18BrN3O4/c1-9(2)20-15(23)14(22)19(16(20)24)8-13(21)18-10(3)11-6-4-5-7-12(11)17/h4-7,9-10H,8H2,1-3H3,(H,18,21)/t10-/m1/s1. The molecule has 1 aliphatic heterocycles. The quantitative estimate of drug-likeness (QED) is 0.608. The number of nitrogens with zero attached hydrogens (tertiary/aromatic N) is 2. The van der Waals surface area contributed by atoms with E-state index in [1.54, 1.807) is 20.8 Å². The summed E-state index contributed by atoms with van der Waals surface area (Å²) in [6.07, 6.45) is 0. The van der Waals surface area contributed by atoms with E-state index in [9.17, 15) is 19.2 Å². The lowest BCUT2D eigenvalue weighted by atomic mass is 10.1. The fourth-order valence-corrected chi connectivity index (χ4v) is 3.08. The molecule has 1 aliphatic rings. The third-order valence-electron chi connectivity index (χ3n) is 3.65. The van der Waals surface area contributed by atoms with Crippen LogP contribution in [0.2, 0.25) is 0 Å². The highest BCUT2D eigenvalue weighted by atomic mass is 79.9. The number of imide groups is 2. The second kappa shape index (κ2) is 7.12. The van der Waals surface area contributed by atoms with E-state index in [1.807, 2.05) is 24.3 Å². The molecule has 1 aromatic carbocycles. The summed E-state index contributed by atoms with van der Waals surface area (Å²) in [5.74, 6) is -2.39. The third-order valence-corrected chi connectivity index (χ3v) is 4.37. The van der Waals surface area contributed by atoms with Gasteiger partial charge in [-0.25, -0.2) is 9.69 Å². The lowest BCUT2D eigenvalue weighted by molar-refractivity contribution is -0.144. The van der Waals surface area contributed by atoms with Crippen LogP contribution >= 0.6 is 15.9 Å². The number of hydrogen-bond donors (Lipinski definition) is 1. The second-order valence-corrected chi connectivity index (χ2v) is 6.61. The molecule has 0 unspecified atom stereocenters. The predicted molar refractivity (Wildman–Crippen MR) is 89.8 cm³/mol. The third kappa shape index (κ3) is 3.48. The first kappa shape index (κ1) is 18.1. The van der Waals surface area contributed by atoms with Crippen LogP contribution < -0.4 is 5.32 Å². The van der Waals surface area contributed by atoms with Gasteiger partial charge in [-0.05, 0) is 32.4 Å². The van der Waals surface area contributed by atoms with E-state index in [-0.39, 0.29) is 6.04 Å². The van der Waals surface area contributed by atoms with Crippen molar-refractivity contribution in [1.82, 2.24) is 15.1 Å². The van der Waals surface area contributed by atoms with Crippen molar-refractivity contribution in [2.24, 2.45) is 0 Å². The maximum absolute atomic E-state index is 12.2. The molecule has 2 rings (SSSR count). The molecule has 24 heavy (non-hydrogen) atoms. The number of urea groups is 1. The molecule has 1 N–H and O–H groups in total. The van der Waals surface area contributed by atoms with Crippen molar-refractivity contribution >= 4 is 39.7 Å². The minimum Gasteiger partial charge on any atom is -0.348 e. The van der Waals surface area contributed by atoms with Crippen LogP contribution in [0.5, 0.6) is 0 Å². The Balaban J connectivity index is 2.05. The molecule has 7 nitrogen and oxygen atoms in total. The summed E-state index contributed by atoms with van der Waals surface area (Å²) in [6, 6.07) is 5.88. The van der Waals surface area contributed by atoms with Gasteiger partial charge in [-0.3, -0.25) is 19.3 Å². The zero-order valence-corrected chi connectivity index (χ0v) is 15.2. The summed E-state index contributed by atoms with van der Waals surface area (Å²) in [7, 11) is 0. The van der Waals surface area contributed by atoms with Crippen LogP contribution in [-0.4, -0.2) is 46.1 Å². The van der Waals surface area contributed by atoms with Crippen LogP contribution in [-0.2, 0) is 14.4 Å². The maximum atomic E-state index is 12.2. The molecule has 0 radical (unpaired) electrons. The van der Waals surface area contributed by atoms with Gasteiger partial charge in [0.25, 0.3) is 0 Å². The Morgan fingerprint density at radius 3 is 2.29 bits per heavy atom. The highest BCUT2D eigenvalue weighted by molar-refractivity contribution is 9.10. The van der Waals surface area contributed by atoms with E-state index >= 15 is 0 Å². The number of carbonyl (C=O) groups is 4. The van der Waals surface area contributed by atoms with E-state index in [1.165, 1.54) is 0 Å². The van der Waals surface area contributed by atoms with Gasteiger partial charge in [0.05, 0.1) is 6.04 Å². The molecule has 8 heteroatoms. The predicted octanol–water partition coefficient (Wildman–Crippen LogP) is 1.83. The topological polar surface area (TPSA) is 86.8 Å². The van der Waals surface area contributed by atoms with Gasteiger partial charge in [0.2, 0.25) is 5.91 Å². The van der Waals surface area contributed by atoms with E-state index in [4.69, 9.17) is 0 Å². The van der Waals surface area contributed by atoms with Crippen LogP contribution in [0.15, 0.2) is 28.7 Å². The monoisotopic (exact) mass is 395 g/mol. The summed E-state index contributed by atoms with van der Waals surface area (Å²) in [5, 5.41) is 2.72. The van der Waals surface area contributed by atoms with Crippen LogP contribution in [0.4, 0.5) is 4.79 Å². The second-order valence-electron chi connectivity index (χ2n) is 5.75. The molecule has 128 valence electrons. The molecule has 0 aromatic heterocycles. The molecule has 5 amide bonds. The van der Waals surface area contributed by atoms with Crippen molar-refractivity contribution < 1.29 is 19.2 Å². The maximum Gasteiger partial charge on any atom is 0.334 e. The average molecular weight is 396 g/mol. The van der Waals surface area contributed by atoms with E-state index in [0.717, 1.165) is 14.9 Å². The molecule has 0 saturated carbocycles. The number of nitrogens with one attached hydrogen (secondary N) is 1. The Morgan fingerprint density at radius 2 is 1.75 bits per heavy atom. The molecule has 1 saturated heterocycles. The summed E-state index contributed by atoms with van der Waals surface area (Å²) in [4.78, 5) is 49.5. The summed E-state index contributed by atoms with van der Waals surface area (Å²) in [5.41, 5.74) is 0.866. The van der Waals surface area contributed by atoms with Crippen molar-refractivity contribution in [3.63, 3.8) is 0 Å². The summed E-state index contributed by atoms with van der Waals surface area (Å²) in [6.45, 7) is 4.56. The van der Waals surface area contributed by atoms with Gasteiger partial charge in [0, 0.05) is 10.5 Å². The lowest BCUT2D eigenvalue weighted by Crippen LogP contribution is -2.43.